The smallest absolute Gasteiger partial charge is 0.166 e. The van der Waals surface area contributed by atoms with E-state index < -0.39 is 15.7 Å². The summed E-state index contributed by atoms with van der Waals surface area (Å²) in [6, 6.07) is 8.51. The molecule has 0 aromatic heterocycles. The van der Waals surface area contributed by atoms with E-state index in [4.69, 9.17) is 0 Å². The van der Waals surface area contributed by atoms with E-state index in [-0.39, 0.29) is 33.2 Å². The Labute approximate surface area is 168 Å². The Morgan fingerprint density at radius 2 is 1.24 bits per heavy atom. The first kappa shape index (κ1) is 28.7. The maximum Gasteiger partial charge on any atom is 0.166 e. The fourth-order valence-electron chi connectivity index (χ4n) is 1.91. The van der Waals surface area contributed by atoms with E-state index in [9.17, 15) is 14.3 Å². The standard InChI is InChI=1S/C10H15.C6H4NO2.C2H6OS.CH3.Ir/c1-6-7(2)9(4)10(5)8(6)3;8-7(9)6-4-2-1-3-5-6;1-4(2)3;;/h1-5H3;2-5H;1-2H3;1H3;/q;-1;;-1;. The molecule has 1 aliphatic rings. The minimum absolute atomic E-state index is 0. The maximum atomic E-state index is 9.99. The third kappa shape index (κ3) is 10.5. The second kappa shape index (κ2) is 14.1. The van der Waals surface area contributed by atoms with Gasteiger partial charge >= 0.3 is 0 Å². The molecule has 144 valence electrons. The van der Waals surface area contributed by atoms with Crippen LogP contribution in [0.15, 0.2) is 46.6 Å². The molecule has 0 spiro atoms. The van der Waals surface area contributed by atoms with E-state index in [0.29, 0.717) is 0 Å². The van der Waals surface area contributed by atoms with E-state index in [0.717, 1.165) is 0 Å². The van der Waals surface area contributed by atoms with Crippen molar-refractivity contribution in [3.05, 3.63) is 76.1 Å². The molecule has 1 aliphatic carbocycles. The molecule has 0 bridgehead atoms. The fraction of sp³-hybridized carbons (Fsp3) is 0.368. The number of hydrogen-bond acceptors (Lipinski definition) is 3. The predicted molar refractivity (Wildman–Crippen MR) is 104 cm³/mol. The molecule has 2 rings (SSSR count). The summed E-state index contributed by atoms with van der Waals surface area (Å²) in [5.74, 6) is 1.47. The average Bonchev–Trinajstić information content (AvgIpc) is 2.66. The zero-order chi connectivity index (χ0) is 18.2. The summed E-state index contributed by atoms with van der Waals surface area (Å²) in [7, 11) is -0.611. The summed E-state index contributed by atoms with van der Waals surface area (Å²) < 4.78 is 9.56. The summed E-state index contributed by atoms with van der Waals surface area (Å²) in [5.41, 5.74) is 5.98. The van der Waals surface area contributed by atoms with Crippen LogP contribution in [0.4, 0.5) is 5.69 Å². The van der Waals surface area contributed by atoms with Gasteiger partial charge in [0, 0.05) is 54.3 Å². The van der Waals surface area contributed by atoms with Crippen LogP contribution in [0.25, 0.3) is 0 Å². The SMILES string of the molecule is CS(C)=O.C[C]1C(C)=C(C)C(C)=C1C.O=[N+]([O-])c1cc[c-]cc1.[CH3-].[Ir]. The Hall–Kier alpha value is -1.10. The minimum atomic E-state index is -0.611. The van der Waals surface area contributed by atoms with Gasteiger partial charge in [0.2, 0.25) is 0 Å². The van der Waals surface area contributed by atoms with E-state index >= 15 is 0 Å². The molecule has 0 N–H and O–H groups in total. The molecule has 6 heteroatoms. The van der Waals surface area contributed by atoms with Gasteiger partial charge in [-0.15, -0.1) is 0 Å². The quantitative estimate of drug-likeness (QED) is 0.282. The van der Waals surface area contributed by atoms with Gasteiger partial charge < -0.3 is 7.43 Å². The van der Waals surface area contributed by atoms with Crippen molar-refractivity contribution in [2.24, 2.45) is 0 Å². The van der Waals surface area contributed by atoms with Crippen LogP contribution >= 0.6 is 0 Å². The molecule has 4 nitrogen and oxygen atoms in total. The van der Waals surface area contributed by atoms with Gasteiger partial charge in [0.05, 0.1) is 0 Å². The summed E-state index contributed by atoms with van der Waals surface area (Å²) in [4.78, 5) is 9.56. The van der Waals surface area contributed by atoms with Crippen molar-refractivity contribution in [1.82, 2.24) is 0 Å². The van der Waals surface area contributed by atoms with Crippen LogP contribution in [0.2, 0.25) is 0 Å². The second-order valence-corrected chi connectivity index (χ2v) is 6.87. The number of rotatable bonds is 1. The van der Waals surface area contributed by atoms with E-state index in [1.165, 1.54) is 52.5 Å². The van der Waals surface area contributed by atoms with Gasteiger partial charge in [-0.05, 0) is 38.8 Å². The van der Waals surface area contributed by atoms with Gasteiger partial charge in [-0.25, -0.2) is 0 Å². The van der Waals surface area contributed by atoms with Gasteiger partial charge in [0.15, 0.2) is 5.69 Å². The monoisotopic (exact) mass is 543 g/mol. The molecule has 1 aromatic carbocycles. The van der Waals surface area contributed by atoms with Crippen LogP contribution in [0.1, 0.15) is 34.6 Å². The van der Waals surface area contributed by atoms with Crippen molar-refractivity contribution in [2.45, 2.75) is 34.6 Å². The number of benzene rings is 1. The Morgan fingerprint density at radius 1 is 0.920 bits per heavy atom. The molecule has 0 fully saturated rings. The number of nitro groups is 1. The Kier molecular flexibility index (Phi) is 16.2. The van der Waals surface area contributed by atoms with Crippen molar-refractivity contribution in [1.29, 1.82) is 0 Å². The average molecular weight is 543 g/mol. The van der Waals surface area contributed by atoms with Gasteiger partial charge in [0.1, 0.15) is 0 Å². The van der Waals surface area contributed by atoms with Gasteiger partial charge in [-0.2, -0.15) is 18.2 Å². The van der Waals surface area contributed by atoms with Gasteiger partial charge in [0.25, 0.3) is 0 Å². The molecular weight excluding hydrogens is 514 g/mol. The number of nitro benzene ring substituents is 1. The van der Waals surface area contributed by atoms with E-state index in [1.54, 1.807) is 12.5 Å². The third-order valence-electron chi connectivity index (χ3n) is 3.72. The Morgan fingerprint density at radius 3 is 1.40 bits per heavy atom. The molecule has 1 aromatic rings. The molecule has 0 saturated heterocycles. The molecule has 25 heavy (non-hydrogen) atoms. The molecule has 0 saturated carbocycles. The molecule has 0 unspecified atom stereocenters. The predicted octanol–water partition coefficient (Wildman–Crippen LogP) is 5.10. The number of nitrogens with zero attached hydrogens (tertiary/aromatic N) is 1. The molecule has 0 heterocycles. The van der Waals surface area contributed by atoms with Crippen LogP contribution in [-0.4, -0.2) is 21.6 Å². The van der Waals surface area contributed by atoms with Crippen molar-refractivity contribution in [3.63, 3.8) is 0 Å². The molecule has 2 radical (unpaired) electrons. The van der Waals surface area contributed by atoms with E-state index in [2.05, 4.69) is 40.7 Å². The van der Waals surface area contributed by atoms with Crippen molar-refractivity contribution < 1.29 is 29.2 Å². The largest absolute Gasteiger partial charge is 0.358 e. The molecule has 0 aliphatic heterocycles. The fourth-order valence-corrected chi connectivity index (χ4v) is 1.91. The molecule has 0 amide bonds. The van der Waals surface area contributed by atoms with Crippen LogP contribution in [0, 0.1) is 29.5 Å². The third-order valence-corrected chi connectivity index (χ3v) is 3.72. The summed E-state index contributed by atoms with van der Waals surface area (Å²) >= 11 is 0. The minimum Gasteiger partial charge on any atom is -0.358 e. The van der Waals surface area contributed by atoms with Gasteiger partial charge in [-0.3, -0.25) is 14.3 Å². The summed E-state index contributed by atoms with van der Waals surface area (Å²) in [6.45, 7) is 11.0. The molecular formula is C19H28IrNO3S-2. The van der Waals surface area contributed by atoms with Crippen LogP contribution in [0.3, 0.4) is 0 Å². The zero-order valence-electron chi connectivity index (χ0n) is 16.2. The van der Waals surface area contributed by atoms with Crippen LogP contribution in [-0.2, 0) is 30.9 Å². The van der Waals surface area contributed by atoms with E-state index in [1.807, 2.05) is 0 Å². The first-order valence-corrected chi connectivity index (χ1v) is 9.11. The normalized spacial score (nSPS) is 13.1. The molecule has 0 atom stereocenters. The van der Waals surface area contributed by atoms with Crippen LogP contribution < -0.4 is 0 Å². The zero-order valence-corrected chi connectivity index (χ0v) is 19.4. The summed E-state index contributed by atoms with van der Waals surface area (Å²) in [6.07, 6.45) is 3.28. The Balaban J connectivity index is -0.000000302. The number of hydrogen-bond donors (Lipinski definition) is 0. The second-order valence-electron chi connectivity index (χ2n) is 5.38. The Bertz CT molecular complexity index is 597. The topological polar surface area (TPSA) is 60.2 Å². The van der Waals surface area contributed by atoms with Crippen LogP contribution in [0.5, 0.6) is 0 Å². The number of non-ortho nitro benzene ring substituents is 1. The van der Waals surface area contributed by atoms with Crippen molar-refractivity contribution in [2.75, 3.05) is 12.5 Å². The number of allylic oxidation sites excluding steroid dienone is 4. The van der Waals surface area contributed by atoms with Crippen molar-refractivity contribution in [3.8, 4) is 0 Å². The van der Waals surface area contributed by atoms with Crippen molar-refractivity contribution >= 4 is 16.5 Å². The van der Waals surface area contributed by atoms with Gasteiger partial charge in [-0.1, -0.05) is 30.2 Å². The summed E-state index contributed by atoms with van der Waals surface area (Å²) in [5, 5.41) is 9.99. The first-order valence-electron chi connectivity index (χ1n) is 7.14. The maximum absolute atomic E-state index is 9.99. The first-order chi connectivity index (χ1) is 10.6.